The van der Waals surface area contributed by atoms with Gasteiger partial charge in [-0.1, -0.05) is 44.9 Å². The second kappa shape index (κ2) is 6.43. The molecule has 0 aromatic heterocycles. The monoisotopic (exact) mass is 379 g/mol. The van der Waals surface area contributed by atoms with Crippen molar-refractivity contribution in [3.8, 4) is 17.2 Å². The van der Waals surface area contributed by atoms with Crippen LogP contribution in [0.3, 0.4) is 0 Å². The summed E-state index contributed by atoms with van der Waals surface area (Å²) in [6, 6.07) is 11.8. The second-order valence-electron chi connectivity index (χ2n) is 8.05. The number of amides is 1. The molecule has 1 atom stereocenters. The first kappa shape index (κ1) is 17.4. The van der Waals surface area contributed by atoms with Crippen molar-refractivity contribution in [3.63, 3.8) is 0 Å². The van der Waals surface area contributed by atoms with Gasteiger partial charge in [0.15, 0.2) is 11.5 Å². The molecular weight excluding hydrogens is 354 g/mol. The number of rotatable bonds is 2. The maximum Gasteiger partial charge on any atom is 0.245 e. The quantitative estimate of drug-likeness (QED) is 0.782. The number of anilines is 1. The van der Waals surface area contributed by atoms with E-state index in [1.54, 1.807) is 0 Å². The maximum absolute atomic E-state index is 13.4. The largest absolute Gasteiger partial charge is 0.491 e. The van der Waals surface area contributed by atoms with Crippen molar-refractivity contribution in [2.45, 2.75) is 38.5 Å². The molecule has 1 amide bonds. The van der Waals surface area contributed by atoms with Crippen LogP contribution in [0.4, 0.5) is 5.69 Å². The average molecular weight is 379 g/mol. The fourth-order valence-electron chi connectivity index (χ4n) is 4.18. The molecule has 1 saturated carbocycles. The van der Waals surface area contributed by atoms with Crippen molar-refractivity contribution >= 4 is 11.6 Å². The van der Waals surface area contributed by atoms with Crippen molar-refractivity contribution in [3.05, 3.63) is 47.5 Å². The van der Waals surface area contributed by atoms with E-state index in [1.807, 2.05) is 41.3 Å². The molecule has 6 rings (SSSR count). The maximum atomic E-state index is 13.4. The molecule has 0 radical (unpaired) electrons. The topological polar surface area (TPSA) is 48.0 Å². The number of carbonyl (C=O) groups is 1. The minimum Gasteiger partial charge on any atom is -0.491 e. The van der Waals surface area contributed by atoms with Gasteiger partial charge in [0.25, 0.3) is 0 Å². The Labute approximate surface area is 165 Å². The van der Waals surface area contributed by atoms with Crippen LogP contribution in [0.25, 0.3) is 0 Å². The summed E-state index contributed by atoms with van der Waals surface area (Å²) in [6.07, 6.45) is 3.88. The number of ether oxygens (including phenoxy) is 3. The summed E-state index contributed by atoms with van der Waals surface area (Å²) >= 11 is 0. The van der Waals surface area contributed by atoms with Crippen LogP contribution < -0.4 is 19.1 Å². The number of hydrogen-bond donors (Lipinski definition) is 0. The summed E-state index contributed by atoms with van der Waals surface area (Å²) in [7, 11) is 0. The van der Waals surface area contributed by atoms with Crippen LogP contribution in [0, 0.1) is 5.92 Å². The number of carbonyl (C=O) groups excluding carboxylic acids is 1. The third-order valence-corrected chi connectivity index (χ3v) is 5.96. The number of hydrogen-bond acceptors (Lipinski definition) is 4. The third-order valence-electron chi connectivity index (χ3n) is 5.96. The lowest BCUT2D eigenvalue weighted by Gasteiger charge is -2.22. The molecule has 28 heavy (non-hydrogen) atoms. The Kier molecular flexibility index (Phi) is 4.00. The minimum atomic E-state index is -0.776. The molecule has 2 aromatic carbocycles. The van der Waals surface area contributed by atoms with Crippen molar-refractivity contribution < 1.29 is 19.0 Å². The van der Waals surface area contributed by atoms with Crippen LogP contribution in [-0.4, -0.2) is 25.9 Å². The van der Waals surface area contributed by atoms with Gasteiger partial charge in [-0.2, -0.15) is 0 Å². The number of benzene rings is 2. The van der Waals surface area contributed by atoms with Gasteiger partial charge in [-0.3, -0.25) is 4.79 Å². The van der Waals surface area contributed by atoms with E-state index < -0.39 is 5.41 Å². The van der Waals surface area contributed by atoms with Crippen molar-refractivity contribution in [2.75, 3.05) is 24.8 Å². The van der Waals surface area contributed by atoms with Gasteiger partial charge in [0.1, 0.15) is 17.8 Å². The predicted molar refractivity (Wildman–Crippen MR) is 106 cm³/mol. The van der Waals surface area contributed by atoms with Crippen molar-refractivity contribution in [1.82, 2.24) is 0 Å². The van der Waals surface area contributed by atoms with Crippen LogP contribution >= 0.6 is 0 Å². The summed E-state index contributed by atoms with van der Waals surface area (Å²) in [5, 5.41) is 0. The van der Waals surface area contributed by atoms with Gasteiger partial charge in [-0.25, -0.2) is 0 Å². The Morgan fingerprint density at radius 1 is 1.04 bits per heavy atom. The molecule has 3 aliphatic heterocycles. The van der Waals surface area contributed by atoms with Crippen LogP contribution in [0.1, 0.15) is 44.2 Å². The smallest absolute Gasteiger partial charge is 0.245 e. The van der Waals surface area contributed by atoms with Crippen molar-refractivity contribution in [1.29, 1.82) is 0 Å². The fraction of sp³-hybridized carbons (Fsp3) is 0.435. The highest BCUT2D eigenvalue weighted by atomic mass is 16.7. The highest BCUT2D eigenvalue weighted by molar-refractivity contribution is 6.11. The summed E-state index contributed by atoms with van der Waals surface area (Å²) in [6.45, 7) is 5.59. The predicted octanol–water partition coefficient (Wildman–Crippen LogP) is 4.27. The summed E-state index contributed by atoms with van der Waals surface area (Å²) in [5.41, 5.74) is 2.10. The standard InChI is InChI=1S/C19H17NO4.C4H8/c1-2-7-20-14-6-4-3-5-12(14)19(18(20)21)10-22-15-9-17-16(8-13(15)19)23-11-24-17;1-4-2-3-4/h3-6,8-9H,2,7,10-11H2,1H3;4H,2-3H2,1H3. The van der Waals surface area contributed by atoms with Crippen LogP contribution in [-0.2, 0) is 10.2 Å². The van der Waals surface area contributed by atoms with E-state index in [0.717, 1.165) is 29.2 Å². The Morgan fingerprint density at radius 3 is 2.46 bits per heavy atom. The Bertz CT molecular complexity index is 936. The SMILES string of the molecule is CC1CC1.CCCN1C(=O)C2(COc3cc4c(cc32)OCO4)c2ccccc21. The van der Waals surface area contributed by atoms with E-state index in [2.05, 4.69) is 13.8 Å². The molecule has 5 nitrogen and oxygen atoms in total. The molecule has 3 heterocycles. The Balaban J connectivity index is 0.000000382. The number of fused-ring (bicyclic) bond motifs is 5. The van der Waals surface area contributed by atoms with Crippen LogP contribution in [0.2, 0.25) is 0 Å². The first-order valence-corrected chi connectivity index (χ1v) is 10.1. The van der Waals surface area contributed by atoms with E-state index >= 15 is 0 Å². The highest BCUT2D eigenvalue weighted by Crippen LogP contribution is 2.54. The molecule has 0 N–H and O–H groups in total. The first-order chi connectivity index (χ1) is 13.6. The molecule has 1 spiro atoms. The summed E-state index contributed by atoms with van der Waals surface area (Å²) < 4.78 is 16.9. The lowest BCUT2D eigenvalue weighted by molar-refractivity contribution is -0.122. The molecule has 1 fully saturated rings. The summed E-state index contributed by atoms with van der Waals surface area (Å²) in [5.74, 6) is 3.23. The van der Waals surface area contributed by atoms with E-state index in [4.69, 9.17) is 14.2 Å². The van der Waals surface area contributed by atoms with Gasteiger partial charge < -0.3 is 19.1 Å². The third kappa shape index (κ3) is 2.49. The molecule has 5 heteroatoms. The van der Waals surface area contributed by atoms with E-state index in [9.17, 15) is 4.79 Å². The van der Waals surface area contributed by atoms with E-state index in [-0.39, 0.29) is 12.7 Å². The highest BCUT2D eigenvalue weighted by Gasteiger charge is 2.57. The van der Waals surface area contributed by atoms with Gasteiger partial charge >= 0.3 is 0 Å². The van der Waals surface area contributed by atoms with Gasteiger partial charge in [-0.05, 0) is 30.0 Å². The van der Waals surface area contributed by atoms with Gasteiger partial charge in [0, 0.05) is 23.9 Å². The zero-order valence-electron chi connectivity index (χ0n) is 16.4. The van der Waals surface area contributed by atoms with E-state index in [0.29, 0.717) is 30.4 Å². The van der Waals surface area contributed by atoms with E-state index in [1.165, 1.54) is 12.8 Å². The lowest BCUT2D eigenvalue weighted by atomic mass is 9.77. The second-order valence-corrected chi connectivity index (χ2v) is 8.05. The molecule has 2 aromatic rings. The lowest BCUT2D eigenvalue weighted by Crippen LogP contribution is -2.42. The van der Waals surface area contributed by atoms with Crippen LogP contribution in [0.15, 0.2) is 36.4 Å². The minimum absolute atomic E-state index is 0.0863. The zero-order valence-corrected chi connectivity index (χ0v) is 16.4. The first-order valence-electron chi connectivity index (χ1n) is 10.1. The van der Waals surface area contributed by atoms with Gasteiger partial charge in [0.2, 0.25) is 12.7 Å². The van der Waals surface area contributed by atoms with Gasteiger partial charge in [-0.15, -0.1) is 0 Å². The number of para-hydroxylation sites is 1. The summed E-state index contributed by atoms with van der Waals surface area (Å²) in [4.78, 5) is 15.3. The molecular formula is C23H25NO4. The molecule has 1 unspecified atom stereocenters. The Hall–Kier alpha value is -2.69. The number of nitrogens with zero attached hydrogens (tertiary/aromatic N) is 1. The normalized spacial score (nSPS) is 23.2. The molecule has 1 aliphatic carbocycles. The van der Waals surface area contributed by atoms with Gasteiger partial charge in [0.05, 0.1) is 0 Å². The molecule has 4 aliphatic rings. The molecule has 0 bridgehead atoms. The zero-order chi connectivity index (χ0) is 19.3. The Morgan fingerprint density at radius 2 is 1.75 bits per heavy atom. The van der Waals surface area contributed by atoms with Crippen LogP contribution in [0.5, 0.6) is 17.2 Å². The molecule has 146 valence electrons. The van der Waals surface area contributed by atoms with Crippen molar-refractivity contribution in [2.24, 2.45) is 5.92 Å². The fourth-order valence-corrected chi connectivity index (χ4v) is 4.18. The molecule has 0 saturated heterocycles. The average Bonchev–Trinajstić information content (AvgIpc) is 3.15.